The minimum Gasteiger partial charge on any atom is -0.384 e. The van der Waals surface area contributed by atoms with Gasteiger partial charge in [0.15, 0.2) is 5.78 Å². The van der Waals surface area contributed by atoms with E-state index in [9.17, 15) is 9.59 Å². The number of nitrogens with zero attached hydrogens (tertiary/aromatic N) is 2. The third-order valence-electron chi connectivity index (χ3n) is 4.66. The Hall–Kier alpha value is -1.95. The second-order valence-corrected chi connectivity index (χ2v) is 6.53. The smallest absolute Gasteiger partial charge is 0.239 e. The van der Waals surface area contributed by atoms with E-state index in [0.29, 0.717) is 23.7 Å². The van der Waals surface area contributed by atoms with E-state index in [1.54, 1.807) is 19.1 Å². The summed E-state index contributed by atoms with van der Waals surface area (Å²) in [4.78, 5) is 30.0. The molecule has 2 atom stereocenters. The second-order valence-electron chi connectivity index (χ2n) is 6.53. The van der Waals surface area contributed by atoms with Crippen molar-refractivity contribution in [3.63, 3.8) is 0 Å². The topological polar surface area (TPSA) is 102 Å². The van der Waals surface area contributed by atoms with Gasteiger partial charge >= 0.3 is 0 Å². The van der Waals surface area contributed by atoms with Gasteiger partial charge < -0.3 is 16.4 Å². The standard InChI is InChI=1S/C17H26N4O2/c1-11(9-15(22)14-3-4-16(19)20-10-14)13-5-7-21(8-6-13)17(23)12(2)18/h3-4,10-13H,5-9,18H2,1-2H3,(H2,19,20)/t11?,12-/m0/s1. The lowest BCUT2D eigenvalue weighted by atomic mass is 9.82. The molecule has 1 fully saturated rings. The van der Waals surface area contributed by atoms with Crippen LogP contribution in [-0.2, 0) is 4.79 Å². The molecule has 0 saturated carbocycles. The van der Waals surface area contributed by atoms with Gasteiger partial charge in [0.05, 0.1) is 6.04 Å². The van der Waals surface area contributed by atoms with Crippen LogP contribution in [0.15, 0.2) is 18.3 Å². The number of carbonyl (C=O) groups is 2. The van der Waals surface area contributed by atoms with Crippen LogP contribution < -0.4 is 11.5 Å². The van der Waals surface area contributed by atoms with Crippen LogP contribution >= 0.6 is 0 Å². The lowest BCUT2D eigenvalue weighted by Gasteiger charge is -2.35. The van der Waals surface area contributed by atoms with Crippen molar-refractivity contribution < 1.29 is 9.59 Å². The van der Waals surface area contributed by atoms with Crippen molar-refractivity contribution in [3.8, 4) is 0 Å². The Morgan fingerprint density at radius 3 is 2.48 bits per heavy atom. The fraction of sp³-hybridized carbons (Fsp3) is 0.588. The summed E-state index contributed by atoms with van der Waals surface area (Å²) in [6, 6.07) is 2.93. The van der Waals surface area contributed by atoms with Crippen LogP contribution in [-0.4, -0.2) is 40.7 Å². The number of nitrogen functional groups attached to an aromatic ring is 1. The molecule has 2 heterocycles. The molecule has 0 aromatic carbocycles. The van der Waals surface area contributed by atoms with Gasteiger partial charge in [-0.25, -0.2) is 4.98 Å². The largest absolute Gasteiger partial charge is 0.384 e. The molecule has 4 N–H and O–H groups in total. The molecule has 126 valence electrons. The molecule has 23 heavy (non-hydrogen) atoms. The van der Waals surface area contributed by atoms with Crippen LogP contribution in [0.1, 0.15) is 43.5 Å². The van der Waals surface area contributed by atoms with Crippen molar-refractivity contribution in [2.45, 2.75) is 39.2 Å². The number of aromatic nitrogens is 1. The van der Waals surface area contributed by atoms with Gasteiger partial charge in [-0.15, -0.1) is 0 Å². The third kappa shape index (κ3) is 4.51. The first-order valence-electron chi connectivity index (χ1n) is 8.17. The average molecular weight is 318 g/mol. The van der Waals surface area contributed by atoms with E-state index in [2.05, 4.69) is 11.9 Å². The maximum Gasteiger partial charge on any atom is 0.239 e. The van der Waals surface area contributed by atoms with Gasteiger partial charge in [-0.3, -0.25) is 9.59 Å². The van der Waals surface area contributed by atoms with Gasteiger partial charge in [-0.2, -0.15) is 0 Å². The fourth-order valence-electron chi connectivity index (χ4n) is 3.12. The number of hydrogen-bond donors (Lipinski definition) is 2. The maximum atomic E-state index is 12.3. The Kier molecular flexibility index (Phi) is 5.71. The van der Waals surface area contributed by atoms with Crippen LogP contribution in [0, 0.1) is 11.8 Å². The number of piperidine rings is 1. The quantitative estimate of drug-likeness (QED) is 0.800. The predicted molar refractivity (Wildman–Crippen MR) is 89.7 cm³/mol. The van der Waals surface area contributed by atoms with E-state index >= 15 is 0 Å². The van der Waals surface area contributed by atoms with Crippen molar-refractivity contribution in [3.05, 3.63) is 23.9 Å². The SMILES string of the molecule is CC(CC(=O)c1ccc(N)nc1)C1CCN(C(=O)[C@H](C)N)CC1. The number of nitrogens with two attached hydrogens (primary N) is 2. The number of Topliss-reactive ketones (excluding diaryl/α,β-unsaturated/α-hetero) is 1. The zero-order valence-corrected chi connectivity index (χ0v) is 13.9. The summed E-state index contributed by atoms with van der Waals surface area (Å²) < 4.78 is 0. The number of ketones is 1. The van der Waals surface area contributed by atoms with E-state index in [-0.39, 0.29) is 17.6 Å². The molecule has 1 aromatic heterocycles. The summed E-state index contributed by atoms with van der Waals surface area (Å²) in [7, 11) is 0. The van der Waals surface area contributed by atoms with Gasteiger partial charge in [0.1, 0.15) is 5.82 Å². The summed E-state index contributed by atoms with van der Waals surface area (Å²) >= 11 is 0. The molecule has 1 amide bonds. The highest BCUT2D eigenvalue weighted by atomic mass is 16.2. The van der Waals surface area contributed by atoms with Gasteiger partial charge in [0.2, 0.25) is 5.91 Å². The van der Waals surface area contributed by atoms with E-state index in [1.165, 1.54) is 6.20 Å². The highest BCUT2D eigenvalue weighted by Crippen LogP contribution is 2.28. The molecule has 1 unspecified atom stereocenters. The average Bonchev–Trinajstić information content (AvgIpc) is 2.54. The van der Waals surface area contributed by atoms with Gasteiger partial charge in [-0.05, 0) is 43.7 Å². The molecule has 1 saturated heterocycles. The monoisotopic (exact) mass is 318 g/mol. The summed E-state index contributed by atoms with van der Waals surface area (Å²) in [5.41, 5.74) is 11.8. The Labute approximate surface area is 137 Å². The molecule has 0 aliphatic carbocycles. The van der Waals surface area contributed by atoms with Crippen molar-refractivity contribution >= 4 is 17.5 Å². The molecule has 0 radical (unpaired) electrons. The molecule has 6 heteroatoms. The zero-order chi connectivity index (χ0) is 17.0. The Morgan fingerprint density at radius 2 is 1.96 bits per heavy atom. The number of carbonyl (C=O) groups excluding carboxylic acids is 2. The van der Waals surface area contributed by atoms with Crippen LogP contribution in [0.2, 0.25) is 0 Å². The van der Waals surface area contributed by atoms with Crippen molar-refractivity contribution in [2.24, 2.45) is 17.6 Å². The predicted octanol–water partition coefficient (Wildman–Crippen LogP) is 1.46. The number of rotatable bonds is 5. The summed E-state index contributed by atoms with van der Waals surface area (Å²) in [6.07, 6.45) is 3.88. The molecule has 1 aliphatic heterocycles. The van der Waals surface area contributed by atoms with E-state index in [4.69, 9.17) is 11.5 Å². The van der Waals surface area contributed by atoms with Gasteiger partial charge in [0.25, 0.3) is 0 Å². The molecule has 1 aliphatic rings. The molecule has 6 nitrogen and oxygen atoms in total. The maximum absolute atomic E-state index is 12.3. The van der Waals surface area contributed by atoms with E-state index in [0.717, 1.165) is 25.9 Å². The Bertz CT molecular complexity index is 548. The Morgan fingerprint density at radius 1 is 1.30 bits per heavy atom. The lowest BCUT2D eigenvalue weighted by molar-refractivity contribution is -0.133. The van der Waals surface area contributed by atoms with Crippen LogP contribution in [0.5, 0.6) is 0 Å². The lowest BCUT2D eigenvalue weighted by Crippen LogP contribution is -2.46. The van der Waals surface area contributed by atoms with Crippen LogP contribution in [0.4, 0.5) is 5.82 Å². The van der Waals surface area contributed by atoms with Crippen molar-refractivity contribution in [1.82, 2.24) is 9.88 Å². The van der Waals surface area contributed by atoms with E-state index < -0.39 is 6.04 Å². The molecule has 1 aromatic rings. The number of hydrogen-bond acceptors (Lipinski definition) is 5. The second kappa shape index (κ2) is 7.55. The number of amides is 1. The molecule has 0 spiro atoms. The van der Waals surface area contributed by atoms with E-state index in [1.807, 2.05) is 4.90 Å². The first-order chi connectivity index (χ1) is 10.9. The van der Waals surface area contributed by atoms with Crippen LogP contribution in [0.25, 0.3) is 0 Å². The minimum absolute atomic E-state index is 0.0140. The van der Waals surface area contributed by atoms with Crippen molar-refractivity contribution in [1.29, 1.82) is 0 Å². The third-order valence-corrected chi connectivity index (χ3v) is 4.66. The zero-order valence-electron chi connectivity index (χ0n) is 13.9. The number of likely N-dealkylation sites (tertiary alicyclic amines) is 1. The highest BCUT2D eigenvalue weighted by molar-refractivity contribution is 5.96. The highest BCUT2D eigenvalue weighted by Gasteiger charge is 2.28. The Balaban J connectivity index is 1.85. The normalized spacial score (nSPS) is 18.5. The van der Waals surface area contributed by atoms with Crippen LogP contribution in [0.3, 0.4) is 0 Å². The molecule has 0 bridgehead atoms. The molecule has 2 rings (SSSR count). The molecular weight excluding hydrogens is 292 g/mol. The van der Waals surface area contributed by atoms with Gasteiger partial charge in [0, 0.05) is 31.3 Å². The minimum atomic E-state index is -0.441. The fourth-order valence-corrected chi connectivity index (χ4v) is 3.12. The van der Waals surface area contributed by atoms with Gasteiger partial charge in [-0.1, -0.05) is 6.92 Å². The first kappa shape index (κ1) is 17.4. The number of anilines is 1. The number of pyridine rings is 1. The summed E-state index contributed by atoms with van der Waals surface area (Å²) in [5.74, 6) is 1.27. The van der Waals surface area contributed by atoms with Crippen molar-refractivity contribution in [2.75, 3.05) is 18.8 Å². The summed E-state index contributed by atoms with van der Waals surface area (Å²) in [5, 5.41) is 0. The summed E-state index contributed by atoms with van der Waals surface area (Å²) in [6.45, 7) is 5.28. The first-order valence-corrected chi connectivity index (χ1v) is 8.17. The molecular formula is C17H26N4O2.